The van der Waals surface area contributed by atoms with Crippen LogP contribution in [0.2, 0.25) is 0 Å². The molecule has 6 rings (SSSR count). The number of carbonyl (C=O) groups is 1. The summed E-state index contributed by atoms with van der Waals surface area (Å²) in [7, 11) is -2.40. The maximum absolute atomic E-state index is 13.1. The van der Waals surface area contributed by atoms with Crippen molar-refractivity contribution in [3.8, 4) is 5.75 Å². The summed E-state index contributed by atoms with van der Waals surface area (Å²) in [6, 6.07) is 12.3. The third-order valence-corrected chi connectivity index (χ3v) is 9.23. The van der Waals surface area contributed by atoms with Crippen LogP contribution in [0.3, 0.4) is 0 Å². The number of carbonyl (C=O) groups excluding carboxylic acids is 1. The minimum atomic E-state index is -3.85. The van der Waals surface area contributed by atoms with E-state index in [1.165, 1.54) is 69.4 Å². The molecule has 1 amide bonds. The lowest BCUT2D eigenvalue weighted by Gasteiger charge is -2.57. The largest absolute Gasteiger partial charge is 0.496 e. The van der Waals surface area contributed by atoms with Gasteiger partial charge in [-0.1, -0.05) is 12.1 Å². The van der Waals surface area contributed by atoms with E-state index in [0.717, 1.165) is 17.8 Å². The second-order valence-corrected chi connectivity index (χ2v) is 11.8. The minimum absolute atomic E-state index is 0.0229. The lowest BCUT2D eigenvalue weighted by Crippen LogP contribution is -2.48. The fourth-order valence-electron chi connectivity index (χ4n) is 6.86. The van der Waals surface area contributed by atoms with Gasteiger partial charge >= 0.3 is 0 Å². The van der Waals surface area contributed by atoms with Crippen LogP contribution in [0.4, 0.5) is 5.69 Å². The molecule has 4 fully saturated rings. The van der Waals surface area contributed by atoms with E-state index in [4.69, 9.17) is 4.74 Å². The molecule has 0 spiro atoms. The fourth-order valence-corrected chi connectivity index (χ4v) is 7.94. The van der Waals surface area contributed by atoms with Gasteiger partial charge in [0.2, 0.25) is 0 Å². The van der Waals surface area contributed by atoms with Gasteiger partial charge in [0.1, 0.15) is 5.75 Å². The first kappa shape index (κ1) is 22.3. The van der Waals surface area contributed by atoms with Crippen molar-refractivity contribution in [2.45, 2.75) is 55.8 Å². The molecule has 0 aliphatic heterocycles. The predicted octanol–water partition coefficient (Wildman–Crippen LogP) is 4.71. The molecule has 0 unspecified atom stereocenters. The zero-order valence-corrected chi connectivity index (χ0v) is 20.1. The molecule has 0 aromatic heterocycles. The van der Waals surface area contributed by atoms with Crippen LogP contribution in [0, 0.1) is 17.8 Å². The molecule has 2 aromatic rings. The number of methoxy groups -OCH3 is 1. The molecule has 7 heteroatoms. The van der Waals surface area contributed by atoms with Crippen LogP contribution in [0.5, 0.6) is 5.75 Å². The van der Waals surface area contributed by atoms with Crippen LogP contribution in [0.25, 0.3) is 0 Å². The Hall–Kier alpha value is -2.54. The summed E-state index contributed by atoms with van der Waals surface area (Å²) in [5.74, 6) is 2.56. The van der Waals surface area contributed by atoms with Crippen LogP contribution in [-0.2, 0) is 15.4 Å². The highest BCUT2D eigenvalue weighted by Gasteiger charge is 2.51. The average molecular weight is 469 g/mol. The van der Waals surface area contributed by atoms with Gasteiger partial charge in [-0.25, -0.2) is 8.42 Å². The van der Waals surface area contributed by atoms with Crippen LogP contribution < -0.4 is 14.8 Å². The summed E-state index contributed by atoms with van der Waals surface area (Å²) in [5, 5.41) is 2.69. The SMILES string of the molecule is CCNC(=O)c1cc(S(=O)(=O)Nc2ccc(C34CC5CC(CC(C5)C3)C4)cc2)ccc1OC. The Morgan fingerprint density at radius 3 is 2.15 bits per heavy atom. The summed E-state index contributed by atoms with van der Waals surface area (Å²) in [6.07, 6.45) is 8.03. The molecular formula is C26H32N2O4S. The first-order valence-corrected chi connectivity index (χ1v) is 13.4. The topological polar surface area (TPSA) is 84.5 Å². The van der Waals surface area contributed by atoms with E-state index in [2.05, 4.69) is 22.2 Å². The molecule has 4 aliphatic carbocycles. The van der Waals surface area contributed by atoms with Crippen LogP contribution in [0.15, 0.2) is 47.4 Å². The van der Waals surface area contributed by atoms with Gasteiger partial charge in [-0.05, 0) is 105 Å². The van der Waals surface area contributed by atoms with Crippen LogP contribution in [-0.4, -0.2) is 28.0 Å². The normalized spacial score (nSPS) is 27.9. The molecule has 2 N–H and O–H groups in total. The average Bonchev–Trinajstić information content (AvgIpc) is 2.78. The van der Waals surface area contributed by atoms with Crippen molar-refractivity contribution < 1.29 is 17.9 Å². The van der Waals surface area contributed by atoms with E-state index in [1.807, 2.05) is 12.1 Å². The van der Waals surface area contributed by atoms with Crippen molar-refractivity contribution in [1.82, 2.24) is 5.32 Å². The number of benzene rings is 2. The number of anilines is 1. The van der Waals surface area contributed by atoms with Gasteiger partial charge in [0.05, 0.1) is 17.6 Å². The Balaban J connectivity index is 1.36. The molecule has 0 atom stereocenters. The number of rotatable bonds is 7. The van der Waals surface area contributed by atoms with Crippen molar-refractivity contribution in [1.29, 1.82) is 0 Å². The zero-order chi connectivity index (χ0) is 23.2. The van der Waals surface area contributed by atoms with Crippen molar-refractivity contribution in [3.05, 3.63) is 53.6 Å². The maximum Gasteiger partial charge on any atom is 0.261 e. The number of sulfonamides is 1. The van der Waals surface area contributed by atoms with E-state index in [9.17, 15) is 13.2 Å². The van der Waals surface area contributed by atoms with Gasteiger partial charge < -0.3 is 10.1 Å². The van der Waals surface area contributed by atoms with Crippen molar-refractivity contribution >= 4 is 21.6 Å². The third kappa shape index (κ3) is 4.12. The van der Waals surface area contributed by atoms with E-state index in [1.54, 1.807) is 6.92 Å². The van der Waals surface area contributed by atoms with Gasteiger partial charge in [0.25, 0.3) is 15.9 Å². The molecule has 4 bridgehead atoms. The van der Waals surface area contributed by atoms with Gasteiger partial charge in [-0.15, -0.1) is 0 Å². The van der Waals surface area contributed by atoms with Crippen molar-refractivity contribution in [2.24, 2.45) is 17.8 Å². The predicted molar refractivity (Wildman–Crippen MR) is 128 cm³/mol. The summed E-state index contributed by atoms with van der Waals surface area (Å²) in [5.41, 5.74) is 2.36. The number of ether oxygens (including phenoxy) is 1. The zero-order valence-electron chi connectivity index (χ0n) is 19.3. The van der Waals surface area contributed by atoms with Crippen LogP contribution >= 0.6 is 0 Å². The lowest BCUT2D eigenvalue weighted by molar-refractivity contribution is -0.00518. The Morgan fingerprint density at radius 2 is 1.61 bits per heavy atom. The molecule has 176 valence electrons. The molecule has 6 nitrogen and oxygen atoms in total. The van der Waals surface area contributed by atoms with E-state index in [0.29, 0.717) is 18.0 Å². The molecular weight excluding hydrogens is 436 g/mol. The van der Waals surface area contributed by atoms with Gasteiger partial charge in [-0.2, -0.15) is 0 Å². The molecule has 0 saturated heterocycles. The molecule has 4 aliphatic rings. The smallest absolute Gasteiger partial charge is 0.261 e. The fraction of sp³-hybridized carbons (Fsp3) is 0.500. The lowest BCUT2D eigenvalue weighted by atomic mass is 9.48. The van der Waals surface area contributed by atoms with E-state index >= 15 is 0 Å². The van der Waals surface area contributed by atoms with Crippen molar-refractivity contribution in [3.63, 3.8) is 0 Å². The molecule has 2 aromatic carbocycles. The molecule has 0 radical (unpaired) electrons. The number of nitrogens with one attached hydrogen (secondary N) is 2. The standard InChI is InChI=1S/C26H32N2O4S/c1-3-27-25(29)23-13-22(8-9-24(23)32-2)33(30,31)28-21-6-4-20(5-7-21)26-14-17-10-18(15-26)12-19(11-17)16-26/h4-9,13,17-19,28H,3,10-12,14-16H2,1-2H3,(H,27,29). The summed E-state index contributed by atoms with van der Waals surface area (Å²) in [6.45, 7) is 2.24. The van der Waals surface area contributed by atoms with Gasteiger partial charge in [-0.3, -0.25) is 9.52 Å². The second-order valence-electron chi connectivity index (χ2n) is 10.1. The Labute approximate surface area is 196 Å². The second kappa shape index (κ2) is 8.35. The maximum atomic E-state index is 13.1. The van der Waals surface area contributed by atoms with E-state index < -0.39 is 10.0 Å². The van der Waals surface area contributed by atoms with Crippen molar-refractivity contribution in [2.75, 3.05) is 18.4 Å². The number of hydrogen-bond acceptors (Lipinski definition) is 4. The quantitative estimate of drug-likeness (QED) is 0.616. The summed E-state index contributed by atoms with van der Waals surface area (Å²) >= 11 is 0. The Kier molecular flexibility index (Phi) is 5.63. The number of hydrogen-bond donors (Lipinski definition) is 2. The highest BCUT2D eigenvalue weighted by molar-refractivity contribution is 7.92. The van der Waals surface area contributed by atoms with E-state index in [-0.39, 0.29) is 21.8 Å². The third-order valence-electron chi connectivity index (χ3n) is 7.85. The molecule has 0 heterocycles. The van der Waals surface area contributed by atoms with Gasteiger partial charge in [0.15, 0.2) is 0 Å². The van der Waals surface area contributed by atoms with Crippen LogP contribution in [0.1, 0.15) is 61.4 Å². The summed E-state index contributed by atoms with van der Waals surface area (Å²) < 4.78 is 34.0. The Morgan fingerprint density at radius 1 is 1.00 bits per heavy atom. The number of amides is 1. The summed E-state index contributed by atoms with van der Waals surface area (Å²) in [4.78, 5) is 12.4. The highest BCUT2D eigenvalue weighted by atomic mass is 32.2. The monoisotopic (exact) mass is 468 g/mol. The molecule has 33 heavy (non-hydrogen) atoms. The highest BCUT2D eigenvalue weighted by Crippen LogP contribution is 2.60. The minimum Gasteiger partial charge on any atom is -0.496 e. The molecule has 4 saturated carbocycles. The first-order chi connectivity index (χ1) is 15.8. The first-order valence-electron chi connectivity index (χ1n) is 11.9. The van der Waals surface area contributed by atoms with Gasteiger partial charge in [0, 0.05) is 12.2 Å². The Bertz CT molecular complexity index is 1120.